The summed E-state index contributed by atoms with van der Waals surface area (Å²) in [6.45, 7) is 0.967. The van der Waals surface area contributed by atoms with Crippen LogP contribution in [0.1, 0.15) is 38.5 Å². The first kappa shape index (κ1) is 9.72. The SMILES string of the molecule is CNCCCC(=O)CCC1CC1. The van der Waals surface area contributed by atoms with E-state index in [4.69, 9.17) is 0 Å². The number of ketones is 1. The van der Waals surface area contributed by atoms with Crippen molar-refractivity contribution in [3.8, 4) is 0 Å². The monoisotopic (exact) mass is 169 g/mol. The molecule has 1 saturated carbocycles. The first-order chi connectivity index (χ1) is 5.83. The van der Waals surface area contributed by atoms with Gasteiger partial charge in [-0.25, -0.2) is 0 Å². The Morgan fingerprint density at radius 3 is 2.75 bits per heavy atom. The van der Waals surface area contributed by atoms with Crippen molar-refractivity contribution in [2.24, 2.45) is 5.92 Å². The van der Waals surface area contributed by atoms with Crippen molar-refractivity contribution in [2.45, 2.75) is 38.5 Å². The zero-order valence-corrected chi connectivity index (χ0v) is 7.94. The third-order valence-corrected chi connectivity index (χ3v) is 2.41. The average Bonchev–Trinajstić information content (AvgIpc) is 2.84. The lowest BCUT2D eigenvalue weighted by Crippen LogP contribution is -2.09. The molecule has 12 heavy (non-hydrogen) atoms. The molecule has 0 unspecified atom stereocenters. The number of nitrogens with one attached hydrogen (secondary N) is 1. The summed E-state index contributed by atoms with van der Waals surface area (Å²) < 4.78 is 0. The van der Waals surface area contributed by atoms with Crippen molar-refractivity contribution in [3.05, 3.63) is 0 Å². The molecular formula is C10H19NO. The molecule has 1 N–H and O–H groups in total. The minimum atomic E-state index is 0.456. The Bertz CT molecular complexity index is 141. The molecule has 1 fully saturated rings. The highest BCUT2D eigenvalue weighted by Crippen LogP contribution is 2.33. The molecule has 0 aromatic heterocycles. The van der Waals surface area contributed by atoms with Crippen molar-refractivity contribution in [1.82, 2.24) is 5.32 Å². The van der Waals surface area contributed by atoms with Gasteiger partial charge < -0.3 is 5.32 Å². The Morgan fingerprint density at radius 1 is 1.42 bits per heavy atom. The molecule has 1 rings (SSSR count). The number of hydrogen-bond donors (Lipinski definition) is 1. The van der Waals surface area contributed by atoms with Gasteiger partial charge in [0, 0.05) is 12.8 Å². The van der Waals surface area contributed by atoms with E-state index in [0.29, 0.717) is 5.78 Å². The third kappa shape index (κ3) is 4.50. The molecule has 0 heterocycles. The molecule has 0 aromatic carbocycles. The van der Waals surface area contributed by atoms with Crippen LogP contribution in [0.25, 0.3) is 0 Å². The molecule has 0 spiro atoms. The maximum Gasteiger partial charge on any atom is 0.132 e. The van der Waals surface area contributed by atoms with Crippen molar-refractivity contribution in [1.29, 1.82) is 0 Å². The molecule has 2 heteroatoms. The normalized spacial score (nSPS) is 16.4. The van der Waals surface area contributed by atoms with Gasteiger partial charge in [0.25, 0.3) is 0 Å². The zero-order valence-electron chi connectivity index (χ0n) is 7.94. The number of carbonyl (C=O) groups excluding carboxylic acids is 1. The highest BCUT2D eigenvalue weighted by Gasteiger charge is 2.21. The second-order valence-electron chi connectivity index (χ2n) is 3.73. The van der Waals surface area contributed by atoms with E-state index in [-0.39, 0.29) is 0 Å². The smallest absolute Gasteiger partial charge is 0.132 e. The molecule has 0 amide bonds. The van der Waals surface area contributed by atoms with E-state index in [0.717, 1.165) is 38.1 Å². The van der Waals surface area contributed by atoms with E-state index in [2.05, 4.69) is 5.32 Å². The van der Waals surface area contributed by atoms with Crippen molar-refractivity contribution in [2.75, 3.05) is 13.6 Å². The maximum absolute atomic E-state index is 11.2. The molecule has 0 atom stereocenters. The molecule has 0 saturated heterocycles. The first-order valence-electron chi connectivity index (χ1n) is 4.99. The van der Waals surface area contributed by atoms with Crippen LogP contribution in [0, 0.1) is 5.92 Å². The fraction of sp³-hybridized carbons (Fsp3) is 0.900. The second kappa shape index (κ2) is 5.31. The van der Waals surface area contributed by atoms with Gasteiger partial charge in [-0.15, -0.1) is 0 Å². The topological polar surface area (TPSA) is 29.1 Å². The minimum absolute atomic E-state index is 0.456. The van der Waals surface area contributed by atoms with Crippen LogP contribution in [0.3, 0.4) is 0 Å². The Morgan fingerprint density at radius 2 is 2.17 bits per heavy atom. The van der Waals surface area contributed by atoms with E-state index in [9.17, 15) is 4.79 Å². The summed E-state index contributed by atoms with van der Waals surface area (Å²) >= 11 is 0. The van der Waals surface area contributed by atoms with Crippen LogP contribution < -0.4 is 5.32 Å². The van der Waals surface area contributed by atoms with Gasteiger partial charge in [-0.2, -0.15) is 0 Å². The van der Waals surface area contributed by atoms with E-state index >= 15 is 0 Å². The molecular weight excluding hydrogens is 150 g/mol. The van der Waals surface area contributed by atoms with Gasteiger partial charge in [0.2, 0.25) is 0 Å². The number of Topliss-reactive ketones (excluding diaryl/α,β-unsaturated/α-hetero) is 1. The predicted octanol–water partition coefficient (Wildman–Crippen LogP) is 1.75. The van der Waals surface area contributed by atoms with E-state index in [1.165, 1.54) is 12.8 Å². The van der Waals surface area contributed by atoms with Gasteiger partial charge in [-0.3, -0.25) is 4.79 Å². The fourth-order valence-corrected chi connectivity index (χ4v) is 1.36. The highest BCUT2D eigenvalue weighted by molar-refractivity contribution is 5.78. The Kier molecular flexibility index (Phi) is 4.30. The fourth-order valence-electron chi connectivity index (χ4n) is 1.36. The summed E-state index contributed by atoms with van der Waals surface area (Å²) in [5, 5.41) is 3.05. The number of rotatable bonds is 7. The average molecular weight is 169 g/mol. The van der Waals surface area contributed by atoms with Crippen molar-refractivity contribution in [3.63, 3.8) is 0 Å². The Hall–Kier alpha value is -0.370. The number of hydrogen-bond acceptors (Lipinski definition) is 2. The first-order valence-corrected chi connectivity index (χ1v) is 4.99. The van der Waals surface area contributed by atoms with Crippen LogP contribution in [0.4, 0.5) is 0 Å². The molecule has 1 aliphatic rings. The third-order valence-electron chi connectivity index (χ3n) is 2.41. The van der Waals surface area contributed by atoms with Gasteiger partial charge >= 0.3 is 0 Å². The summed E-state index contributed by atoms with van der Waals surface area (Å²) in [7, 11) is 1.93. The minimum Gasteiger partial charge on any atom is -0.320 e. The lowest BCUT2D eigenvalue weighted by atomic mass is 10.1. The molecule has 0 radical (unpaired) electrons. The van der Waals surface area contributed by atoms with E-state index < -0.39 is 0 Å². The lowest BCUT2D eigenvalue weighted by molar-refractivity contribution is -0.119. The molecule has 0 bridgehead atoms. The summed E-state index contributed by atoms with van der Waals surface area (Å²) in [5.41, 5.74) is 0. The van der Waals surface area contributed by atoms with Gasteiger partial charge in [0.15, 0.2) is 0 Å². The van der Waals surface area contributed by atoms with Crippen LogP contribution in [0.2, 0.25) is 0 Å². The molecule has 70 valence electrons. The summed E-state index contributed by atoms with van der Waals surface area (Å²) in [5.74, 6) is 1.36. The van der Waals surface area contributed by atoms with Gasteiger partial charge in [0.1, 0.15) is 5.78 Å². The standard InChI is InChI=1S/C10H19NO/c1-11-8-2-3-10(12)7-6-9-4-5-9/h9,11H,2-8H2,1H3. The summed E-state index contributed by atoms with van der Waals surface area (Å²) in [6, 6.07) is 0. The second-order valence-corrected chi connectivity index (χ2v) is 3.73. The summed E-state index contributed by atoms with van der Waals surface area (Å²) in [4.78, 5) is 11.2. The van der Waals surface area contributed by atoms with E-state index in [1.54, 1.807) is 0 Å². The quantitative estimate of drug-likeness (QED) is 0.588. The Balaban J connectivity index is 1.88. The van der Waals surface area contributed by atoms with Crippen LogP contribution in [0.15, 0.2) is 0 Å². The van der Waals surface area contributed by atoms with Crippen LogP contribution in [-0.4, -0.2) is 19.4 Å². The van der Waals surface area contributed by atoms with Crippen molar-refractivity contribution < 1.29 is 4.79 Å². The highest BCUT2D eigenvalue weighted by atomic mass is 16.1. The zero-order chi connectivity index (χ0) is 8.81. The van der Waals surface area contributed by atoms with Gasteiger partial charge in [-0.05, 0) is 32.4 Å². The van der Waals surface area contributed by atoms with E-state index in [1.807, 2.05) is 7.05 Å². The van der Waals surface area contributed by atoms with Gasteiger partial charge in [0.05, 0.1) is 0 Å². The van der Waals surface area contributed by atoms with Crippen molar-refractivity contribution >= 4 is 5.78 Å². The van der Waals surface area contributed by atoms with Crippen LogP contribution >= 0.6 is 0 Å². The molecule has 0 aliphatic heterocycles. The van der Waals surface area contributed by atoms with Crippen LogP contribution in [-0.2, 0) is 4.79 Å². The molecule has 2 nitrogen and oxygen atoms in total. The molecule has 1 aliphatic carbocycles. The number of carbonyl (C=O) groups is 1. The largest absolute Gasteiger partial charge is 0.320 e. The Labute approximate surface area is 74.7 Å². The van der Waals surface area contributed by atoms with Crippen LogP contribution in [0.5, 0.6) is 0 Å². The lowest BCUT2D eigenvalue weighted by Gasteiger charge is -1.99. The molecule has 0 aromatic rings. The predicted molar refractivity (Wildman–Crippen MR) is 50.1 cm³/mol. The van der Waals surface area contributed by atoms with Gasteiger partial charge in [-0.1, -0.05) is 12.8 Å². The summed E-state index contributed by atoms with van der Waals surface area (Å²) in [6.07, 6.45) is 6.48. The maximum atomic E-state index is 11.2.